The van der Waals surface area contributed by atoms with E-state index in [1.165, 1.54) is 4.88 Å². The van der Waals surface area contributed by atoms with E-state index >= 15 is 0 Å². The Hall–Kier alpha value is -3.57. The molecule has 2 saturated heterocycles. The Kier molecular flexibility index (Phi) is 6.97. The van der Waals surface area contributed by atoms with E-state index in [-0.39, 0.29) is 12.1 Å². The fraction of sp³-hybridized carbons (Fsp3) is 0.629. The third kappa shape index (κ3) is 4.42. The minimum absolute atomic E-state index is 0.0777. The summed E-state index contributed by atoms with van der Waals surface area (Å²) in [7, 11) is 2.19. The average molecular weight is 670 g/mol. The number of piperidine rings is 1. The normalized spacial score (nSPS) is 29.3. The zero-order valence-electron chi connectivity index (χ0n) is 28.0. The molecule has 0 saturated carbocycles. The molecule has 0 amide bonds. The lowest BCUT2D eigenvalue weighted by Gasteiger charge is -2.44. The molecule has 0 bridgehead atoms. The number of thiophene rings is 1. The third-order valence-corrected chi connectivity index (χ3v) is 13.1. The average Bonchev–Trinajstić information content (AvgIpc) is 3.85. The van der Waals surface area contributed by atoms with E-state index in [0.29, 0.717) is 54.3 Å². The van der Waals surface area contributed by atoms with Gasteiger partial charge in [-0.3, -0.25) is 0 Å². The first-order chi connectivity index (χ1) is 23.2. The van der Waals surface area contributed by atoms with Gasteiger partial charge in [0.05, 0.1) is 47.3 Å². The number of nitrogens with two attached hydrogens (primary N) is 1. The molecule has 4 aromatic heterocycles. The molecule has 1 spiro atoms. The van der Waals surface area contributed by atoms with Crippen LogP contribution in [0.1, 0.15) is 104 Å². The summed E-state index contributed by atoms with van der Waals surface area (Å²) in [6.07, 6.45) is 9.23. The molecule has 3 N–H and O–H groups in total. The molecule has 7 heterocycles. The molecule has 5 aliphatic rings. The van der Waals surface area contributed by atoms with Crippen LogP contribution < -0.4 is 10.6 Å². The van der Waals surface area contributed by atoms with Crippen LogP contribution in [0.15, 0.2) is 4.52 Å². The Labute approximate surface area is 283 Å². The number of rotatable bonds is 3. The molecule has 5 atom stereocenters. The van der Waals surface area contributed by atoms with Crippen molar-refractivity contribution in [1.29, 1.82) is 5.26 Å². The van der Waals surface area contributed by atoms with Crippen LogP contribution in [0.4, 0.5) is 10.8 Å². The maximum atomic E-state index is 11.3. The molecule has 48 heavy (non-hydrogen) atoms. The van der Waals surface area contributed by atoms with E-state index in [4.69, 9.17) is 35.2 Å². The van der Waals surface area contributed by atoms with Crippen LogP contribution in [-0.2, 0) is 29.6 Å². The van der Waals surface area contributed by atoms with E-state index in [9.17, 15) is 10.4 Å². The number of aliphatic hydroxyl groups is 1. The van der Waals surface area contributed by atoms with Gasteiger partial charge in [-0.25, -0.2) is 14.6 Å². The monoisotopic (exact) mass is 669 g/mol. The van der Waals surface area contributed by atoms with Crippen LogP contribution >= 0.6 is 11.3 Å². The van der Waals surface area contributed by atoms with Gasteiger partial charge in [-0.2, -0.15) is 10.4 Å². The second kappa shape index (κ2) is 11.0. The summed E-state index contributed by atoms with van der Waals surface area (Å²) in [5, 5.41) is 32.9. The van der Waals surface area contributed by atoms with Crippen LogP contribution in [-0.4, -0.2) is 79.3 Å². The minimum Gasteiger partial charge on any atom is -0.389 e. The smallest absolute Gasteiger partial charge is 0.186 e. The number of likely N-dealkylation sites (tertiary alicyclic amines) is 1. The zero-order valence-corrected chi connectivity index (χ0v) is 28.8. The number of ether oxygens (including phenoxy) is 1. The number of aryl methyl sites for hydroxylation is 1. The highest BCUT2D eigenvalue weighted by Gasteiger charge is 2.49. The molecule has 12 nitrogen and oxygen atoms in total. The summed E-state index contributed by atoms with van der Waals surface area (Å²) in [6, 6.07) is 2.92. The Morgan fingerprint density at radius 1 is 1.15 bits per heavy atom. The van der Waals surface area contributed by atoms with E-state index in [1.54, 1.807) is 11.3 Å². The predicted octanol–water partition coefficient (Wildman–Crippen LogP) is 4.86. The highest BCUT2D eigenvalue weighted by molar-refractivity contribution is 7.16. The Morgan fingerprint density at radius 2 is 1.98 bits per heavy atom. The van der Waals surface area contributed by atoms with Crippen molar-refractivity contribution in [2.24, 2.45) is 0 Å². The van der Waals surface area contributed by atoms with Crippen molar-refractivity contribution >= 4 is 33.2 Å². The largest absolute Gasteiger partial charge is 0.389 e. The molecule has 9 rings (SSSR count). The summed E-state index contributed by atoms with van der Waals surface area (Å²) in [6.45, 7) is 6.58. The van der Waals surface area contributed by atoms with Crippen molar-refractivity contribution in [3.05, 3.63) is 33.0 Å². The first kappa shape index (κ1) is 30.5. The van der Waals surface area contributed by atoms with Gasteiger partial charge in [0.2, 0.25) is 0 Å². The van der Waals surface area contributed by atoms with Crippen molar-refractivity contribution in [1.82, 2.24) is 29.8 Å². The Morgan fingerprint density at radius 3 is 2.77 bits per heavy atom. The number of likely N-dealkylation sites (N-methyl/N-ethyl adjacent to an activating group) is 1. The van der Waals surface area contributed by atoms with Crippen LogP contribution in [0, 0.1) is 11.3 Å². The molecule has 252 valence electrons. The van der Waals surface area contributed by atoms with Crippen molar-refractivity contribution in [2.75, 3.05) is 37.4 Å². The van der Waals surface area contributed by atoms with Gasteiger partial charge < -0.3 is 29.9 Å². The molecule has 2 fully saturated rings. The van der Waals surface area contributed by atoms with Crippen LogP contribution in [0.2, 0.25) is 0 Å². The minimum atomic E-state index is -0.859. The highest BCUT2D eigenvalue weighted by atomic mass is 32.1. The lowest BCUT2D eigenvalue weighted by Crippen LogP contribution is -2.53. The van der Waals surface area contributed by atoms with Gasteiger partial charge in [-0.15, -0.1) is 11.3 Å². The van der Waals surface area contributed by atoms with E-state index in [1.807, 2.05) is 6.92 Å². The molecule has 0 aromatic carbocycles. The summed E-state index contributed by atoms with van der Waals surface area (Å²) in [5.74, 6) is 2.15. The topological polar surface area (TPSA) is 155 Å². The van der Waals surface area contributed by atoms with Crippen molar-refractivity contribution in [3.63, 3.8) is 0 Å². The maximum Gasteiger partial charge on any atom is 0.186 e. The highest BCUT2D eigenvalue weighted by Crippen LogP contribution is 2.55. The predicted molar refractivity (Wildman–Crippen MR) is 182 cm³/mol. The van der Waals surface area contributed by atoms with Crippen molar-refractivity contribution in [3.8, 4) is 17.6 Å². The number of anilines is 2. The van der Waals surface area contributed by atoms with Crippen molar-refractivity contribution < 1.29 is 14.4 Å². The number of nitriles is 1. The lowest BCUT2D eigenvalue weighted by molar-refractivity contribution is 0.0190. The van der Waals surface area contributed by atoms with Gasteiger partial charge in [-0.05, 0) is 97.2 Å². The van der Waals surface area contributed by atoms with Gasteiger partial charge in [0.15, 0.2) is 22.9 Å². The summed E-state index contributed by atoms with van der Waals surface area (Å²) >= 11 is 1.55. The van der Waals surface area contributed by atoms with E-state index < -0.39 is 11.0 Å². The number of fused-ring (bicyclic) bond motifs is 6. The summed E-state index contributed by atoms with van der Waals surface area (Å²) < 4.78 is 14.7. The number of nitrogen functional groups attached to an aromatic ring is 1. The number of aromatic nitrogens is 5. The SMILES string of the molecule is CC(C1CCCN1C)n1nc2c3c(nc(-c4noc5c4CCCC54CCCc5sc(N)c(C#N)c54)nc31)N1CC(C)(O)CCC1COC2. The fourth-order valence-corrected chi connectivity index (χ4v) is 10.8. The second-order valence-corrected chi connectivity index (χ2v) is 16.2. The van der Waals surface area contributed by atoms with Crippen LogP contribution in [0.5, 0.6) is 0 Å². The number of hydrogen-bond acceptors (Lipinski definition) is 12. The molecular weight excluding hydrogens is 627 g/mol. The molecular formula is C35H43N9O3S. The molecule has 4 aromatic rings. The first-order valence-corrected chi connectivity index (χ1v) is 18.4. The molecule has 2 aliphatic carbocycles. The third-order valence-electron chi connectivity index (χ3n) is 12.0. The standard InChI is InChI=1S/C35H43N9O3S/c1-19(24-8-6-14-42(24)3)44-33-26-23(40-44)17-46-16-20-10-13-34(2,45)18-43(20)32(26)38-31(39-33)28-21-7-4-11-35(29(21)47-41-28)12-5-9-25-27(35)22(15-36)30(37)48-25/h19-20,24,45H,4-14,16-18,37H2,1-3H3. The molecule has 3 aliphatic heterocycles. The van der Waals surface area contributed by atoms with E-state index in [0.717, 1.165) is 104 Å². The van der Waals surface area contributed by atoms with Crippen LogP contribution in [0.3, 0.4) is 0 Å². The van der Waals surface area contributed by atoms with Gasteiger partial charge >= 0.3 is 0 Å². The van der Waals surface area contributed by atoms with Gasteiger partial charge in [-0.1, -0.05) is 5.16 Å². The fourth-order valence-electron chi connectivity index (χ4n) is 9.63. The summed E-state index contributed by atoms with van der Waals surface area (Å²) in [4.78, 5) is 16.5. The van der Waals surface area contributed by atoms with Gasteiger partial charge in [0.1, 0.15) is 22.6 Å². The van der Waals surface area contributed by atoms with E-state index in [2.05, 4.69) is 34.5 Å². The Bertz CT molecular complexity index is 1970. The van der Waals surface area contributed by atoms with Crippen molar-refractivity contribution in [2.45, 2.75) is 114 Å². The van der Waals surface area contributed by atoms with Crippen LogP contribution in [0.25, 0.3) is 22.6 Å². The second-order valence-electron chi connectivity index (χ2n) is 15.1. The summed E-state index contributed by atoms with van der Waals surface area (Å²) in [5.41, 5.74) is 10.1. The molecule has 5 unspecified atom stereocenters. The zero-order chi connectivity index (χ0) is 32.9. The lowest BCUT2D eigenvalue weighted by atomic mass is 9.63. The molecule has 0 radical (unpaired) electrons. The molecule has 13 heteroatoms. The Balaban J connectivity index is 1.25. The van der Waals surface area contributed by atoms with Gasteiger partial charge in [0, 0.05) is 23.0 Å². The first-order valence-electron chi connectivity index (χ1n) is 17.6. The van der Waals surface area contributed by atoms with Gasteiger partial charge in [0.25, 0.3) is 0 Å². The number of nitrogens with zero attached hydrogens (tertiary/aromatic N) is 8. The maximum absolute atomic E-state index is 11.3. The number of hydrogen-bond donors (Lipinski definition) is 2. The quantitative estimate of drug-likeness (QED) is 0.307.